The average molecular weight is 188 g/mol. The lowest BCUT2D eigenvalue weighted by atomic mass is 10.1. The number of benzene rings is 1. The lowest BCUT2D eigenvalue weighted by molar-refractivity contribution is 0.718. The number of rotatable bonds is 2. The molecule has 2 aromatic rings. The summed E-state index contributed by atoms with van der Waals surface area (Å²) in [6.45, 7) is 0. The Morgan fingerprint density at radius 1 is 1.29 bits per heavy atom. The molecule has 2 rings (SSSR count). The van der Waals surface area contributed by atoms with Crippen LogP contribution in [0.15, 0.2) is 30.3 Å². The summed E-state index contributed by atoms with van der Waals surface area (Å²) in [5.74, 6) is 1.21. The zero-order chi connectivity index (χ0) is 9.97. The van der Waals surface area contributed by atoms with Gasteiger partial charge in [-0.2, -0.15) is 4.98 Å². The summed E-state index contributed by atoms with van der Waals surface area (Å²) >= 11 is 0. The summed E-state index contributed by atoms with van der Waals surface area (Å²) in [4.78, 5) is 4.14. The van der Waals surface area contributed by atoms with Gasteiger partial charge in [0.05, 0.1) is 0 Å². The molecule has 0 aliphatic carbocycles. The second kappa shape index (κ2) is 3.49. The van der Waals surface area contributed by atoms with Crippen LogP contribution in [0.5, 0.6) is 0 Å². The van der Waals surface area contributed by atoms with E-state index >= 15 is 0 Å². The Balaban J connectivity index is 2.23. The zero-order valence-corrected chi connectivity index (χ0v) is 8.01. The maximum atomic E-state index is 5.49. The monoisotopic (exact) mass is 188 g/mol. The molecule has 4 heteroatoms. The fourth-order valence-corrected chi connectivity index (χ4v) is 1.37. The molecule has 0 bridgehead atoms. The molecule has 0 saturated carbocycles. The number of hydrogen-bond donors (Lipinski definition) is 1. The predicted octanol–water partition coefficient (Wildman–Crippen LogP) is 0.988. The normalized spacial score (nSPS) is 10.4. The van der Waals surface area contributed by atoms with Crippen molar-refractivity contribution >= 4 is 5.95 Å². The molecule has 0 aliphatic heterocycles. The molecule has 2 N–H and O–H groups in total. The highest BCUT2D eigenvalue weighted by Gasteiger charge is 2.04. The van der Waals surface area contributed by atoms with E-state index < -0.39 is 0 Å². The first-order chi connectivity index (χ1) is 6.75. The van der Waals surface area contributed by atoms with Gasteiger partial charge < -0.3 is 5.73 Å². The van der Waals surface area contributed by atoms with Crippen LogP contribution in [0.4, 0.5) is 5.95 Å². The summed E-state index contributed by atoms with van der Waals surface area (Å²) in [7, 11) is 1.85. The van der Waals surface area contributed by atoms with Gasteiger partial charge in [-0.1, -0.05) is 30.3 Å². The SMILES string of the molecule is Cn1nc(N)nc1Cc1ccccc1. The van der Waals surface area contributed by atoms with Crippen LogP contribution in [0.25, 0.3) is 0 Å². The molecule has 1 heterocycles. The van der Waals surface area contributed by atoms with Crippen LogP contribution in [-0.4, -0.2) is 14.8 Å². The highest BCUT2D eigenvalue weighted by molar-refractivity contribution is 5.21. The molecule has 0 fully saturated rings. The first-order valence-corrected chi connectivity index (χ1v) is 4.45. The molecular formula is C10H12N4. The first-order valence-electron chi connectivity index (χ1n) is 4.45. The Kier molecular flexibility index (Phi) is 2.18. The minimum atomic E-state index is 0.332. The summed E-state index contributed by atoms with van der Waals surface area (Å²) < 4.78 is 1.71. The summed E-state index contributed by atoms with van der Waals surface area (Å²) in [6, 6.07) is 10.1. The van der Waals surface area contributed by atoms with E-state index in [9.17, 15) is 0 Å². The molecular weight excluding hydrogens is 176 g/mol. The van der Waals surface area contributed by atoms with E-state index in [2.05, 4.69) is 22.2 Å². The molecule has 1 aromatic carbocycles. The quantitative estimate of drug-likeness (QED) is 0.764. The number of nitrogen functional groups attached to an aromatic ring is 1. The van der Waals surface area contributed by atoms with Crippen LogP contribution in [0.1, 0.15) is 11.4 Å². The van der Waals surface area contributed by atoms with Gasteiger partial charge in [0.15, 0.2) is 0 Å². The van der Waals surface area contributed by atoms with Crippen molar-refractivity contribution in [2.45, 2.75) is 6.42 Å². The molecule has 0 aliphatic rings. The molecule has 72 valence electrons. The standard InChI is InChI=1S/C10H12N4/c1-14-9(12-10(11)13-14)7-8-5-3-2-4-6-8/h2-6H,7H2,1H3,(H2,11,13). The summed E-state index contributed by atoms with van der Waals surface area (Å²) in [6.07, 6.45) is 0.765. The van der Waals surface area contributed by atoms with E-state index in [0.717, 1.165) is 12.2 Å². The lowest BCUT2D eigenvalue weighted by Gasteiger charge is -1.99. The van der Waals surface area contributed by atoms with Crippen LogP contribution < -0.4 is 5.73 Å². The van der Waals surface area contributed by atoms with Crippen LogP contribution in [0.3, 0.4) is 0 Å². The smallest absolute Gasteiger partial charge is 0.239 e. The van der Waals surface area contributed by atoms with Crippen molar-refractivity contribution in [2.24, 2.45) is 7.05 Å². The Morgan fingerprint density at radius 3 is 2.57 bits per heavy atom. The van der Waals surface area contributed by atoms with Crippen LogP contribution in [0, 0.1) is 0 Å². The number of aromatic nitrogens is 3. The van der Waals surface area contributed by atoms with Crippen molar-refractivity contribution in [1.82, 2.24) is 14.8 Å². The number of nitrogens with two attached hydrogens (primary N) is 1. The fourth-order valence-electron chi connectivity index (χ4n) is 1.37. The van der Waals surface area contributed by atoms with Crippen molar-refractivity contribution < 1.29 is 0 Å². The van der Waals surface area contributed by atoms with Gasteiger partial charge in [-0.3, -0.25) is 4.68 Å². The van der Waals surface area contributed by atoms with Gasteiger partial charge in [0.2, 0.25) is 5.95 Å². The average Bonchev–Trinajstić information content (AvgIpc) is 2.47. The second-order valence-corrected chi connectivity index (χ2v) is 3.17. The largest absolute Gasteiger partial charge is 0.366 e. The van der Waals surface area contributed by atoms with Gasteiger partial charge in [0.1, 0.15) is 5.82 Å². The van der Waals surface area contributed by atoms with E-state index in [1.54, 1.807) is 4.68 Å². The third kappa shape index (κ3) is 1.74. The first kappa shape index (κ1) is 8.74. The fraction of sp³-hybridized carbons (Fsp3) is 0.200. The molecule has 0 saturated heterocycles. The van der Waals surface area contributed by atoms with Gasteiger partial charge in [-0.15, -0.1) is 5.10 Å². The van der Waals surface area contributed by atoms with Crippen LogP contribution in [-0.2, 0) is 13.5 Å². The Labute approximate surface area is 82.4 Å². The summed E-state index contributed by atoms with van der Waals surface area (Å²) in [5.41, 5.74) is 6.70. The second-order valence-electron chi connectivity index (χ2n) is 3.17. The molecule has 0 amide bonds. The Morgan fingerprint density at radius 2 is 2.00 bits per heavy atom. The van der Waals surface area contributed by atoms with Gasteiger partial charge >= 0.3 is 0 Å². The Bertz CT molecular complexity index is 419. The van der Waals surface area contributed by atoms with Crippen molar-refractivity contribution in [3.05, 3.63) is 41.7 Å². The van der Waals surface area contributed by atoms with Crippen molar-refractivity contribution in [3.8, 4) is 0 Å². The highest BCUT2D eigenvalue weighted by atomic mass is 15.4. The van der Waals surface area contributed by atoms with E-state index in [1.807, 2.05) is 25.2 Å². The van der Waals surface area contributed by atoms with Crippen molar-refractivity contribution in [1.29, 1.82) is 0 Å². The van der Waals surface area contributed by atoms with E-state index in [-0.39, 0.29) is 0 Å². The lowest BCUT2D eigenvalue weighted by Crippen LogP contribution is -2.00. The highest BCUT2D eigenvalue weighted by Crippen LogP contribution is 2.07. The molecule has 0 radical (unpaired) electrons. The van der Waals surface area contributed by atoms with Crippen molar-refractivity contribution in [2.75, 3.05) is 5.73 Å². The predicted molar refractivity (Wildman–Crippen MR) is 54.7 cm³/mol. The van der Waals surface area contributed by atoms with Crippen LogP contribution >= 0.6 is 0 Å². The van der Waals surface area contributed by atoms with Crippen molar-refractivity contribution in [3.63, 3.8) is 0 Å². The number of hydrogen-bond acceptors (Lipinski definition) is 3. The molecule has 0 atom stereocenters. The number of nitrogens with zero attached hydrogens (tertiary/aromatic N) is 3. The summed E-state index contributed by atoms with van der Waals surface area (Å²) in [5, 5.41) is 3.99. The molecule has 1 aromatic heterocycles. The molecule has 4 nitrogen and oxygen atoms in total. The molecule has 0 unspecified atom stereocenters. The topological polar surface area (TPSA) is 56.7 Å². The molecule has 0 spiro atoms. The maximum Gasteiger partial charge on any atom is 0.239 e. The van der Waals surface area contributed by atoms with Gasteiger partial charge in [-0.05, 0) is 5.56 Å². The van der Waals surface area contributed by atoms with Gasteiger partial charge in [0, 0.05) is 13.5 Å². The molecule has 14 heavy (non-hydrogen) atoms. The van der Waals surface area contributed by atoms with E-state index in [1.165, 1.54) is 5.56 Å². The van der Waals surface area contributed by atoms with E-state index in [0.29, 0.717) is 5.95 Å². The van der Waals surface area contributed by atoms with Gasteiger partial charge in [-0.25, -0.2) is 0 Å². The van der Waals surface area contributed by atoms with E-state index in [4.69, 9.17) is 5.73 Å². The third-order valence-corrected chi connectivity index (χ3v) is 2.07. The van der Waals surface area contributed by atoms with Crippen LogP contribution in [0.2, 0.25) is 0 Å². The van der Waals surface area contributed by atoms with Gasteiger partial charge in [0.25, 0.3) is 0 Å². The third-order valence-electron chi connectivity index (χ3n) is 2.07. The minimum Gasteiger partial charge on any atom is -0.366 e. The maximum absolute atomic E-state index is 5.49. The number of anilines is 1. The number of aryl methyl sites for hydroxylation is 1. The zero-order valence-electron chi connectivity index (χ0n) is 8.01. The minimum absolute atomic E-state index is 0.332. The Hall–Kier alpha value is -1.84.